The summed E-state index contributed by atoms with van der Waals surface area (Å²) in [5.74, 6) is -0.867. The minimum atomic E-state index is -0.867. The first-order valence-corrected chi connectivity index (χ1v) is 6.53. The predicted molar refractivity (Wildman–Crippen MR) is 72.0 cm³/mol. The molecule has 1 aromatic carbocycles. The maximum atomic E-state index is 11.1. The van der Waals surface area contributed by atoms with E-state index in [1.165, 1.54) is 12.8 Å². The van der Waals surface area contributed by atoms with Gasteiger partial charge in [0.25, 0.3) is 0 Å². The first-order valence-electron chi connectivity index (χ1n) is 6.53. The van der Waals surface area contributed by atoms with Crippen molar-refractivity contribution in [1.29, 1.82) is 0 Å². The Morgan fingerprint density at radius 1 is 1.33 bits per heavy atom. The lowest BCUT2D eigenvalue weighted by molar-refractivity contribution is 0.0691. The van der Waals surface area contributed by atoms with E-state index in [1.807, 2.05) is 12.1 Å². The van der Waals surface area contributed by atoms with E-state index in [0.717, 1.165) is 18.4 Å². The fraction of sp³-hybridized carbons (Fsp3) is 0.533. The predicted octanol–water partition coefficient (Wildman–Crippen LogP) is 3.52. The van der Waals surface area contributed by atoms with E-state index in [9.17, 15) is 4.79 Å². The highest BCUT2D eigenvalue weighted by Crippen LogP contribution is 2.16. The number of rotatable bonds is 8. The maximum absolute atomic E-state index is 11.1. The molecule has 1 atom stereocenters. The van der Waals surface area contributed by atoms with Crippen LogP contribution in [-0.2, 0) is 11.2 Å². The average Bonchev–Trinajstić information content (AvgIpc) is 2.38. The van der Waals surface area contributed by atoms with Gasteiger partial charge in [-0.25, -0.2) is 4.79 Å². The smallest absolute Gasteiger partial charge is 0.335 e. The Morgan fingerprint density at radius 2 is 2.06 bits per heavy atom. The van der Waals surface area contributed by atoms with E-state index < -0.39 is 5.97 Å². The van der Waals surface area contributed by atoms with Gasteiger partial charge in [-0.15, -0.1) is 0 Å². The molecule has 1 aromatic rings. The van der Waals surface area contributed by atoms with E-state index in [4.69, 9.17) is 9.84 Å². The van der Waals surface area contributed by atoms with Crippen LogP contribution in [0.4, 0.5) is 0 Å². The fourth-order valence-corrected chi connectivity index (χ4v) is 2.08. The van der Waals surface area contributed by atoms with Crippen molar-refractivity contribution in [2.24, 2.45) is 0 Å². The van der Waals surface area contributed by atoms with Crippen molar-refractivity contribution >= 4 is 5.97 Å². The van der Waals surface area contributed by atoms with Gasteiger partial charge in [0.1, 0.15) is 0 Å². The normalized spacial score (nSPS) is 12.3. The van der Waals surface area contributed by atoms with Gasteiger partial charge in [-0.1, -0.05) is 44.4 Å². The Hall–Kier alpha value is -1.35. The molecule has 100 valence electrons. The third-order valence-corrected chi connectivity index (χ3v) is 3.16. The number of aromatic carboxylic acids is 1. The molecule has 3 nitrogen and oxygen atoms in total. The molecule has 1 unspecified atom stereocenters. The number of methoxy groups -OCH3 is 1. The van der Waals surface area contributed by atoms with Crippen LogP contribution in [0.5, 0.6) is 0 Å². The summed E-state index contributed by atoms with van der Waals surface area (Å²) in [4.78, 5) is 11.1. The minimum absolute atomic E-state index is 0.108. The zero-order valence-electron chi connectivity index (χ0n) is 11.2. The van der Waals surface area contributed by atoms with Crippen molar-refractivity contribution in [2.75, 3.05) is 7.11 Å². The highest BCUT2D eigenvalue weighted by atomic mass is 16.5. The highest BCUT2D eigenvalue weighted by molar-refractivity contribution is 5.89. The Balaban J connectivity index is 2.66. The number of hydrogen-bond donors (Lipinski definition) is 1. The van der Waals surface area contributed by atoms with Crippen LogP contribution in [0.1, 0.15) is 48.5 Å². The second kappa shape index (κ2) is 7.88. The Kier molecular flexibility index (Phi) is 6.44. The van der Waals surface area contributed by atoms with Crippen molar-refractivity contribution in [3.63, 3.8) is 0 Å². The molecule has 0 fully saturated rings. The van der Waals surface area contributed by atoms with Crippen LogP contribution in [0.25, 0.3) is 0 Å². The quantitative estimate of drug-likeness (QED) is 0.718. The molecule has 0 aliphatic heterocycles. The summed E-state index contributed by atoms with van der Waals surface area (Å²) >= 11 is 0. The van der Waals surface area contributed by atoms with Gasteiger partial charge in [-0.05, 0) is 24.5 Å². The summed E-state index contributed by atoms with van der Waals surface area (Å²) in [6.45, 7) is 2.17. The van der Waals surface area contributed by atoms with Crippen molar-refractivity contribution < 1.29 is 14.6 Å². The molecule has 0 saturated carbocycles. The number of carbonyl (C=O) groups is 1. The first-order chi connectivity index (χ1) is 8.69. The summed E-state index contributed by atoms with van der Waals surface area (Å²) < 4.78 is 5.44. The number of carboxylic acids is 1. The highest BCUT2D eigenvalue weighted by Gasteiger charge is 2.14. The zero-order chi connectivity index (χ0) is 13.4. The van der Waals surface area contributed by atoms with Crippen LogP contribution in [0.3, 0.4) is 0 Å². The van der Waals surface area contributed by atoms with Crippen LogP contribution in [0.15, 0.2) is 24.3 Å². The lowest BCUT2D eigenvalue weighted by Gasteiger charge is -2.16. The Morgan fingerprint density at radius 3 is 2.67 bits per heavy atom. The number of carboxylic acid groups (broad SMARTS) is 1. The van der Waals surface area contributed by atoms with Crippen LogP contribution in [-0.4, -0.2) is 24.3 Å². The fourth-order valence-electron chi connectivity index (χ4n) is 2.08. The summed E-state index contributed by atoms with van der Waals surface area (Å²) in [5.41, 5.74) is 1.24. The number of unbranched alkanes of at least 4 members (excludes halogenated alkanes) is 2. The van der Waals surface area contributed by atoms with E-state index in [-0.39, 0.29) is 6.10 Å². The van der Waals surface area contributed by atoms with Gasteiger partial charge in [-0.3, -0.25) is 0 Å². The van der Waals surface area contributed by atoms with Crippen molar-refractivity contribution in [3.8, 4) is 0 Å². The van der Waals surface area contributed by atoms with Gasteiger partial charge >= 0.3 is 5.97 Å². The standard InChI is InChI=1S/C15H22O3/c1-3-4-5-9-13(18-2)11-12-8-6-7-10-14(12)15(16)17/h6-8,10,13H,3-5,9,11H2,1-2H3,(H,16,17). The van der Waals surface area contributed by atoms with Gasteiger partial charge in [0.2, 0.25) is 0 Å². The molecule has 0 aromatic heterocycles. The van der Waals surface area contributed by atoms with E-state index in [1.54, 1.807) is 19.2 Å². The summed E-state index contributed by atoms with van der Waals surface area (Å²) in [5, 5.41) is 9.12. The van der Waals surface area contributed by atoms with Gasteiger partial charge in [0, 0.05) is 7.11 Å². The third kappa shape index (κ3) is 4.49. The molecule has 3 heteroatoms. The number of ether oxygens (including phenoxy) is 1. The molecule has 0 spiro atoms. The maximum Gasteiger partial charge on any atom is 0.335 e. The van der Waals surface area contributed by atoms with Gasteiger partial charge < -0.3 is 9.84 Å². The topological polar surface area (TPSA) is 46.5 Å². The van der Waals surface area contributed by atoms with Gasteiger partial charge in [0.05, 0.1) is 11.7 Å². The van der Waals surface area contributed by atoms with Gasteiger partial charge in [0.15, 0.2) is 0 Å². The van der Waals surface area contributed by atoms with E-state index in [0.29, 0.717) is 12.0 Å². The Labute approximate surface area is 109 Å². The lowest BCUT2D eigenvalue weighted by Crippen LogP contribution is -2.16. The Bertz CT molecular complexity index is 374. The largest absolute Gasteiger partial charge is 0.478 e. The monoisotopic (exact) mass is 250 g/mol. The van der Waals surface area contributed by atoms with Crippen molar-refractivity contribution in [3.05, 3.63) is 35.4 Å². The SMILES string of the molecule is CCCCCC(Cc1ccccc1C(=O)O)OC. The second-order valence-corrected chi connectivity index (χ2v) is 4.52. The molecule has 0 radical (unpaired) electrons. The third-order valence-electron chi connectivity index (χ3n) is 3.16. The molecule has 0 saturated heterocycles. The molecule has 18 heavy (non-hydrogen) atoms. The van der Waals surface area contributed by atoms with Gasteiger partial charge in [-0.2, -0.15) is 0 Å². The molecule has 0 bridgehead atoms. The van der Waals surface area contributed by atoms with Crippen LogP contribution >= 0.6 is 0 Å². The molecule has 1 rings (SSSR count). The van der Waals surface area contributed by atoms with Crippen LogP contribution < -0.4 is 0 Å². The second-order valence-electron chi connectivity index (χ2n) is 4.52. The molecule has 0 amide bonds. The molecule has 0 heterocycles. The molecular formula is C15H22O3. The van der Waals surface area contributed by atoms with Crippen LogP contribution in [0, 0.1) is 0 Å². The molecule has 1 N–H and O–H groups in total. The average molecular weight is 250 g/mol. The lowest BCUT2D eigenvalue weighted by atomic mass is 9.98. The molecular weight excluding hydrogens is 228 g/mol. The first kappa shape index (κ1) is 14.7. The summed E-state index contributed by atoms with van der Waals surface area (Å²) in [6.07, 6.45) is 5.27. The number of hydrogen-bond acceptors (Lipinski definition) is 2. The zero-order valence-corrected chi connectivity index (χ0v) is 11.2. The van der Waals surface area contributed by atoms with Crippen LogP contribution in [0.2, 0.25) is 0 Å². The minimum Gasteiger partial charge on any atom is -0.478 e. The summed E-state index contributed by atoms with van der Waals surface area (Å²) in [7, 11) is 1.69. The van der Waals surface area contributed by atoms with Crippen molar-refractivity contribution in [2.45, 2.75) is 45.1 Å². The van der Waals surface area contributed by atoms with E-state index in [2.05, 4.69) is 6.92 Å². The molecule has 0 aliphatic rings. The van der Waals surface area contributed by atoms with Crippen molar-refractivity contribution in [1.82, 2.24) is 0 Å². The number of benzene rings is 1. The summed E-state index contributed by atoms with van der Waals surface area (Å²) in [6, 6.07) is 7.15. The molecule has 0 aliphatic carbocycles. The van der Waals surface area contributed by atoms with E-state index >= 15 is 0 Å².